The van der Waals surface area contributed by atoms with Gasteiger partial charge in [-0.1, -0.05) is 109 Å². The molecular formula is C28H47NO3. The van der Waals surface area contributed by atoms with Crippen molar-refractivity contribution in [3.05, 3.63) is 29.8 Å². The molecule has 0 amide bonds. The molecule has 0 aliphatic carbocycles. The van der Waals surface area contributed by atoms with Gasteiger partial charge in [-0.3, -0.25) is 0 Å². The van der Waals surface area contributed by atoms with Crippen molar-refractivity contribution < 1.29 is 14.6 Å². The summed E-state index contributed by atoms with van der Waals surface area (Å²) < 4.78 is 11.4. The molecule has 0 heterocycles. The molecule has 0 spiro atoms. The molecular weight excluding hydrogens is 398 g/mol. The van der Waals surface area contributed by atoms with Crippen molar-refractivity contribution >= 4 is 0 Å². The Morgan fingerprint density at radius 3 is 1.84 bits per heavy atom. The van der Waals surface area contributed by atoms with Gasteiger partial charge in [0.15, 0.2) is 0 Å². The number of nitriles is 1. The van der Waals surface area contributed by atoms with E-state index in [-0.39, 0.29) is 6.61 Å². The van der Waals surface area contributed by atoms with Crippen LogP contribution < -0.4 is 4.74 Å². The van der Waals surface area contributed by atoms with Gasteiger partial charge in [-0.25, -0.2) is 0 Å². The third kappa shape index (κ3) is 16.1. The summed E-state index contributed by atoms with van der Waals surface area (Å²) in [5.41, 5.74) is 0.549. The molecule has 182 valence electrons. The van der Waals surface area contributed by atoms with Crippen LogP contribution in [-0.2, 0) is 4.74 Å². The van der Waals surface area contributed by atoms with Crippen molar-refractivity contribution in [2.24, 2.45) is 0 Å². The number of rotatable bonds is 22. The van der Waals surface area contributed by atoms with Gasteiger partial charge < -0.3 is 14.6 Å². The summed E-state index contributed by atoms with van der Waals surface area (Å²) in [6, 6.07) is 9.07. The first-order valence-electron chi connectivity index (χ1n) is 13.2. The molecule has 0 fully saturated rings. The SMILES string of the molecule is CCCCCCCCCCCCCCCCCCOC[C@@H](CO)Oc1cccc(C#N)c1. The topological polar surface area (TPSA) is 62.5 Å². The van der Waals surface area contributed by atoms with Crippen LogP contribution in [0.4, 0.5) is 0 Å². The molecule has 1 rings (SSSR count). The van der Waals surface area contributed by atoms with E-state index in [9.17, 15) is 5.11 Å². The number of ether oxygens (including phenoxy) is 2. The largest absolute Gasteiger partial charge is 0.486 e. The molecule has 0 aliphatic rings. The monoisotopic (exact) mass is 445 g/mol. The first-order chi connectivity index (χ1) is 15.8. The molecule has 0 saturated carbocycles. The van der Waals surface area contributed by atoms with Crippen molar-refractivity contribution in [2.45, 2.75) is 116 Å². The average molecular weight is 446 g/mol. The van der Waals surface area contributed by atoms with Gasteiger partial charge in [-0.2, -0.15) is 5.26 Å². The standard InChI is InChI=1S/C28H47NO3/c1-2-3-4-5-6-7-8-9-10-11-12-13-14-15-16-17-21-31-25-28(24-30)32-27-20-18-19-26(22-27)23-29/h18-20,22,28,30H,2-17,21,24-25H2,1H3/t28-/m1/s1. The first kappa shape index (κ1) is 28.5. The van der Waals surface area contributed by atoms with E-state index in [2.05, 4.69) is 13.0 Å². The van der Waals surface area contributed by atoms with Crippen LogP contribution in [0.1, 0.15) is 115 Å². The molecule has 0 radical (unpaired) electrons. The molecule has 0 unspecified atom stereocenters. The van der Waals surface area contributed by atoms with Gasteiger partial charge in [0.2, 0.25) is 0 Å². The van der Waals surface area contributed by atoms with Crippen molar-refractivity contribution in [1.82, 2.24) is 0 Å². The van der Waals surface area contributed by atoms with E-state index in [1.165, 1.54) is 96.3 Å². The molecule has 0 aromatic heterocycles. The quantitative estimate of drug-likeness (QED) is 0.187. The zero-order valence-corrected chi connectivity index (χ0v) is 20.5. The molecule has 4 nitrogen and oxygen atoms in total. The second-order valence-electron chi connectivity index (χ2n) is 8.94. The lowest BCUT2D eigenvalue weighted by Crippen LogP contribution is -2.27. The Hall–Kier alpha value is -1.57. The molecule has 1 atom stereocenters. The predicted octanol–water partition coefficient (Wildman–Crippen LogP) is 7.58. The van der Waals surface area contributed by atoms with Gasteiger partial charge in [-0.15, -0.1) is 0 Å². The highest BCUT2D eigenvalue weighted by Crippen LogP contribution is 2.15. The Labute approximate surface area is 197 Å². The minimum atomic E-state index is -0.398. The van der Waals surface area contributed by atoms with E-state index in [0.717, 1.165) is 6.42 Å². The number of benzene rings is 1. The maximum absolute atomic E-state index is 9.49. The van der Waals surface area contributed by atoms with E-state index in [1.54, 1.807) is 24.3 Å². The van der Waals surface area contributed by atoms with Crippen LogP contribution in [0.15, 0.2) is 24.3 Å². The number of hydrogen-bond donors (Lipinski definition) is 1. The number of hydrogen-bond acceptors (Lipinski definition) is 4. The van der Waals surface area contributed by atoms with Gasteiger partial charge in [0, 0.05) is 6.61 Å². The Balaban J connectivity index is 1.86. The fourth-order valence-corrected chi connectivity index (χ4v) is 3.92. The third-order valence-electron chi connectivity index (χ3n) is 5.92. The second-order valence-corrected chi connectivity index (χ2v) is 8.94. The third-order valence-corrected chi connectivity index (χ3v) is 5.92. The summed E-state index contributed by atoms with van der Waals surface area (Å²) in [7, 11) is 0. The highest BCUT2D eigenvalue weighted by molar-refractivity contribution is 5.36. The summed E-state index contributed by atoms with van der Waals surface area (Å²) >= 11 is 0. The van der Waals surface area contributed by atoms with Crippen molar-refractivity contribution in [3.63, 3.8) is 0 Å². The van der Waals surface area contributed by atoms with Crippen molar-refractivity contribution in [1.29, 1.82) is 5.26 Å². The molecule has 1 aromatic carbocycles. The van der Waals surface area contributed by atoms with Gasteiger partial charge in [0.1, 0.15) is 11.9 Å². The fraction of sp³-hybridized carbons (Fsp3) is 0.750. The average Bonchev–Trinajstić information content (AvgIpc) is 2.82. The first-order valence-corrected chi connectivity index (χ1v) is 13.2. The number of unbranched alkanes of at least 4 members (excludes halogenated alkanes) is 15. The maximum atomic E-state index is 9.49. The minimum absolute atomic E-state index is 0.101. The summed E-state index contributed by atoms with van der Waals surface area (Å²) in [4.78, 5) is 0. The lowest BCUT2D eigenvalue weighted by Gasteiger charge is -2.17. The fourth-order valence-electron chi connectivity index (χ4n) is 3.92. The van der Waals surface area contributed by atoms with Gasteiger partial charge in [0.05, 0.1) is 24.8 Å². The maximum Gasteiger partial charge on any atom is 0.145 e. The smallest absolute Gasteiger partial charge is 0.145 e. The van der Waals surface area contributed by atoms with E-state index in [4.69, 9.17) is 14.7 Å². The normalized spacial score (nSPS) is 11.9. The van der Waals surface area contributed by atoms with Crippen LogP contribution in [0.3, 0.4) is 0 Å². The highest BCUT2D eigenvalue weighted by Gasteiger charge is 2.10. The predicted molar refractivity (Wildman–Crippen MR) is 133 cm³/mol. The van der Waals surface area contributed by atoms with Crippen LogP contribution >= 0.6 is 0 Å². The van der Waals surface area contributed by atoms with Crippen LogP contribution in [0.25, 0.3) is 0 Å². The van der Waals surface area contributed by atoms with Gasteiger partial charge in [0.25, 0.3) is 0 Å². The van der Waals surface area contributed by atoms with Gasteiger partial charge in [-0.05, 0) is 24.6 Å². The molecule has 4 heteroatoms. The summed E-state index contributed by atoms with van der Waals surface area (Å²) in [5, 5.41) is 18.4. The zero-order valence-electron chi connectivity index (χ0n) is 20.5. The zero-order chi connectivity index (χ0) is 23.1. The van der Waals surface area contributed by atoms with E-state index < -0.39 is 6.10 Å². The molecule has 0 aliphatic heterocycles. The van der Waals surface area contributed by atoms with Crippen LogP contribution in [0, 0.1) is 11.3 Å². The van der Waals surface area contributed by atoms with Crippen molar-refractivity contribution in [2.75, 3.05) is 19.8 Å². The molecule has 0 saturated heterocycles. The van der Waals surface area contributed by atoms with Gasteiger partial charge >= 0.3 is 0 Å². The van der Waals surface area contributed by atoms with Crippen LogP contribution in [0.5, 0.6) is 5.75 Å². The van der Waals surface area contributed by atoms with E-state index in [0.29, 0.717) is 24.5 Å². The second kappa shape index (κ2) is 21.3. The molecule has 1 N–H and O–H groups in total. The van der Waals surface area contributed by atoms with Crippen molar-refractivity contribution in [3.8, 4) is 11.8 Å². The Kier molecular flexibility index (Phi) is 18.9. The summed E-state index contributed by atoms with van der Waals surface area (Å²) in [6.07, 6.45) is 21.4. The number of aliphatic hydroxyl groups excluding tert-OH is 1. The lowest BCUT2D eigenvalue weighted by atomic mass is 10.0. The Morgan fingerprint density at radius 2 is 1.34 bits per heavy atom. The number of aliphatic hydroxyl groups is 1. The summed E-state index contributed by atoms with van der Waals surface area (Å²) in [6.45, 7) is 3.25. The molecule has 1 aromatic rings. The van der Waals surface area contributed by atoms with E-state index >= 15 is 0 Å². The highest BCUT2D eigenvalue weighted by atomic mass is 16.5. The van der Waals surface area contributed by atoms with Crippen LogP contribution in [0.2, 0.25) is 0 Å². The van der Waals surface area contributed by atoms with E-state index in [1.807, 2.05) is 0 Å². The lowest BCUT2D eigenvalue weighted by molar-refractivity contribution is 0.0188. The number of nitrogens with zero attached hydrogens (tertiary/aromatic N) is 1. The molecule has 0 bridgehead atoms. The summed E-state index contributed by atoms with van der Waals surface area (Å²) in [5.74, 6) is 0.592. The minimum Gasteiger partial charge on any atom is -0.486 e. The Bertz CT molecular complexity index is 584. The molecule has 32 heavy (non-hydrogen) atoms. The Morgan fingerprint density at radius 1 is 0.812 bits per heavy atom. The van der Waals surface area contributed by atoms with Crippen LogP contribution in [-0.4, -0.2) is 31.0 Å².